The molecule has 0 spiro atoms. The first kappa shape index (κ1) is 13.0. The van der Waals surface area contributed by atoms with Crippen LogP contribution in [-0.4, -0.2) is 55.4 Å². The van der Waals surface area contributed by atoms with E-state index >= 15 is 0 Å². The third-order valence-corrected chi connectivity index (χ3v) is 3.28. The molecule has 0 aromatic carbocycles. The molecule has 0 radical (unpaired) electrons. The van der Waals surface area contributed by atoms with Crippen LogP contribution in [0.5, 0.6) is 0 Å². The van der Waals surface area contributed by atoms with Gasteiger partial charge in [0.05, 0.1) is 5.92 Å². The van der Waals surface area contributed by atoms with Gasteiger partial charge in [0, 0.05) is 19.3 Å². The summed E-state index contributed by atoms with van der Waals surface area (Å²) >= 11 is 0. The molecule has 1 unspecified atom stereocenters. The smallest absolute Gasteiger partial charge is 0.308 e. The third kappa shape index (κ3) is 3.80. The molecule has 7 heteroatoms. The SMILES string of the molecule is CS(=O)(=O)CC(=O)N1CCCC(C(=O)O)C1. The highest BCUT2D eigenvalue weighted by Crippen LogP contribution is 2.16. The number of carboxylic acids is 1. The number of carbonyl (C=O) groups excluding carboxylic acids is 1. The summed E-state index contributed by atoms with van der Waals surface area (Å²) in [7, 11) is -3.35. The van der Waals surface area contributed by atoms with E-state index in [1.807, 2.05) is 0 Å². The average Bonchev–Trinajstić information content (AvgIpc) is 2.15. The summed E-state index contributed by atoms with van der Waals surface area (Å²) in [5.74, 6) is -2.55. The van der Waals surface area contributed by atoms with Crippen molar-refractivity contribution in [2.24, 2.45) is 5.92 Å². The van der Waals surface area contributed by atoms with E-state index in [1.165, 1.54) is 4.90 Å². The van der Waals surface area contributed by atoms with Crippen molar-refractivity contribution in [3.05, 3.63) is 0 Å². The predicted octanol–water partition coefficient (Wildman–Crippen LogP) is -0.646. The molecule has 0 saturated carbocycles. The molecular formula is C9H15NO5S. The molecule has 0 aromatic heterocycles. The Kier molecular flexibility index (Phi) is 3.90. The van der Waals surface area contributed by atoms with Crippen LogP contribution in [0.3, 0.4) is 0 Å². The van der Waals surface area contributed by atoms with Crippen LogP contribution < -0.4 is 0 Å². The maximum atomic E-state index is 11.5. The number of piperidine rings is 1. The molecule has 16 heavy (non-hydrogen) atoms. The van der Waals surface area contributed by atoms with E-state index in [4.69, 9.17) is 5.11 Å². The van der Waals surface area contributed by atoms with E-state index in [9.17, 15) is 18.0 Å². The van der Waals surface area contributed by atoms with Crippen molar-refractivity contribution in [3.63, 3.8) is 0 Å². The van der Waals surface area contributed by atoms with Crippen molar-refractivity contribution in [1.82, 2.24) is 4.90 Å². The molecule has 1 heterocycles. The molecule has 0 aromatic rings. The normalized spacial score (nSPS) is 21.8. The van der Waals surface area contributed by atoms with Crippen LogP contribution in [0, 0.1) is 5.92 Å². The number of rotatable bonds is 3. The van der Waals surface area contributed by atoms with Crippen molar-refractivity contribution in [1.29, 1.82) is 0 Å². The van der Waals surface area contributed by atoms with Crippen molar-refractivity contribution in [2.45, 2.75) is 12.8 Å². The molecule has 1 saturated heterocycles. The fraction of sp³-hybridized carbons (Fsp3) is 0.778. The van der Waals surface area contributed by atoms with Crippen LogP contribution in [-0.2, 0) is 19.4 Å². The summed E-state index contributed by atoms with van der Waals surface area (Å²) in [6, 6.07) is 0. The zero-order valence-electron chi connectivity index (χ0n) is 9.05. The molecule has 0 aliphatic carbocycles. The highest BCUT2D eigenvalue weighted by Gasteiger charge is 2.29. The fourth-order valence-corrected chi connectivity index (χ4v) is 2.35. The summed E-state index contributed by atoms with van der Waals surface area (Å²) in [4.78, 5) is 23.6. The van der Waals surface area contributed by atoms with Gasteiger partial charge >= 0.3 is 5.97 Å². The maximum absolute atomic E-state index is 11.5. The van der Waals surface area contributed by atoms with Crippen molar-refractivity contribution < 1.29 is 23.1 Å². The van der Waals surface area contributed by atoms with E-state index in [-0.39, 0.29) is 6.54 Å². The number of amides is 1. The average molecular weight is 249 g/mol. The fourth-order valence-electron chi connectivity index (χ4n) is 1.72. The minimum absolute atomic E-state index is 0.115. The summed E-state index contributed by atoms with van der Waals surface area (Å²) in [5.41, 5.74) is 0. The summed E-state index contributed by atoms with van der Waals surface area (Å²) in [6.07, 6.45) is 2.13. The van der Waals surface area contributed by atoms with E-state index in [2.05, 4.69) is 0 Å². The summed E-state index contributed by atoms with van der Waals surface area (Å²) in [5, 5.41) is 8.81. The van der Waals surface area contributed by atoms with Gasteiger partial charge in [0.25, 0.3) is 0 Å². The number of nitrogens with zero attached hydrogens (tertiary/aromatic N) is 1. The molecule has 1 atom stereocenters. The number of hydrogen-bond donors (Lipinski definition) is 1. The lowest BCUT2D eigenvalue weighted by Gasteiger charge is -2.30. The Hall–Kier alpha value is -1.11. The van der Waals surface area contributed by atoms with Gasteiger partial charge in [-0.25, -0.2) is 8.42 Å². The number of likely N-dealkylation sites (tertiary alicyclic amines) is 1. The number of carbonyl (C=O) groups is 2. The lowest BCUT2D eigenvalue weighted by atomic mass is 9.98. The highest BCUT2D eigenvalue weighted by molar-refractivity contribution is 7.91. The minimum Gasteiger partial charge on any atom is -0.481 e. The summed E-state index contributed by atoms with van der Waals surface area (Å²) < 4.78 is 21.9. The van der Waals surface area contributed by atoms with Crippen LogP contribution in [0.25, 0.3) is 0 Å². The third-order valence-electron chi connectivity index (χ3n) is 2.51. The van der Waals surface area contributed by atoms with Crippen molar-refractivity contribution in [3.8, 4) is 0 Å². The van der Waals surface area contributed by atoms with Gasteiger partial charge in [-0.3, -0.25) is 9.59 Å². The first-order valence-electron chi connectivity index (χ1n) is 4.98. The van der Waals surface area contributed by atoms with Crippen LogP contribution in [0.4, 0.5) is 0 Å². The lowest BCUT2D eigenvalue weighted by Crippen LogP contribution is -2.44. The van der Waals surface area contributed by atoms with Crippen molar-refractivity contribution >= 4 is 21.7 Å². The van der Waals surface area contributed by atoms with Gasteiger partial charge in [0.1, 0.15) is 5.75 Å². The molecule has 1 fully saturated rings. The van der Waals surface area contributed by atoms with Gasteiger partial charge in [0.2, 0.25) is 5.91 Å². The predicted molar refractivity (Wildman–Crippen MR) is 56.7 cm³/mol. The second-order valence-corrected chi connectivity index (χ2v) is 6.23. The zero-order chi connectivity index (χ0) is 12.3. The Balaban J connectivity index is 2.60. The molecule has 6 nitrogen and oxygen atoms in total. The van der Waals surface area contributed by atoms with E-state index in [0.29, 0.717) is 19.4 Å². The summed E-state index contributed by atoms with van der Waals surface area (Å²) in [6.45, 7) is 0.557. The van der Waals surface area contributed by atoms with E-state index in [1.54, 1.807) is 0 Å². The van der Waals surface area contributed by atoms with Crippen LogP contribution in [0.2, 0.25) is 0 Å². The van der Waals surface area contributed by atoms with Gasteiger partial charge in [-0.1, -0.05) is 0 Å². The molecule has 1 aliphatic heterocycles. The second-order valence-electron chi connectivity index (χ2n) is 4.09. The van der Waals surface area contributed by atoms with Gasteiger partial charge in [-0.2, -0.15) is 0 Å². The minimum atomic E-state index is -3.35. The van der Waals surface area contributed by atoms with Gasteiger partial charge in [-0.15, -0.1) is 0 Å². The second kappa shape index (κ2) is 4.82. The standard InChI is InChI=1S/C9H15NO5S/c1-16(14,15)6-8(11)10-4-2-3-7(5-10)9(12)13/h7H,2-6H2,1H3,(H,12,13). The first-order chi connectivity index (χ1) is 7.29. The number of aliphatic carboxylic acids is 1. The topological polar surface area (TPSA) is 91.8 Å². The highest BCUT2D eigenvalue weighted by atomic mass is 32.2. The Morgan fingerprint density at radius 1 is 1.44 bits per heavy atom. The quantitative estimate of drug-likeness (QED) is 0.718. The van der Waals surface area contributed by atoms with Gasteiger partial charge < -0.3 is 10.0 Å². The van der Waals surface area contributed by atoms with Gasteiger partial charge in [0.15, 0.2) is 9.84 Å². The number of carboxylic acid groups (broad SMARTS) is 1. The van der Waals surface area contributed by atoms with E-state index < -0.39 is 33.4 Å². The molecule has 1 rings (SSSR count). The Morgan fingerprint density at radius 3 is 2.56 bits per heavy atom. The molecular weight excluding hydrogens is 234 g/mol. The molecule has 1 amide bonds. The largest absolute Gasteiger partial charge is 0.481 e. The van der Waals surface area contributed by atoms with Gasteiger partial charge in [-0.05, 0) is 12.8 Å². The molecule has 0 bridgehead atoms. The van der Waals surface area contributed by atoms with Crippen molar-refractivity contribution in [2.75, 3.05) is 25.1 Å². The molecule has 1 aliphatic rings. The molecule has 1 N–H and O–H groups in total. The Morgan fingerprint density at radius 2 is 2.06 bits per heavy atom. The lowest BCUT2D eigenvalue weighted by molar-refractivity contribution is -0.145. The Labute approximate surface area is 94.2 Å². The van der Waals surface area contributed by atoms with E-state index in [0.717, 1.165) is 6.26 Å². The number of hydrogen-bond acceptors (Lipinski definition) is 4. The van der Waals surface area contributed by atoms with Crippen LogP contribution >= 0.6 is 0 Å². The monoisotopic (exact) mass is 249 g/mol. The van der Waals surface area contributed by atoms with Crippen LogP contribution in [0.15, 0.2) is 0 Å². The zero-order valence-corrected chi connectivity index (χ0v) is 9.87. The maximum Gasteiger partial charge on any atom is 0.308 e. The molecule has 92 valence electrons. The number of sulfone groups is 1. The first-order valence-corrected chi connectivity index (χ1v) is 7.04. The van der Waals surface area contributed by atoms with Crippen LogP contribution in [0.1, 0.15) is 12.8 Å². The Bertz CT molecular complexity index is 389.